The number of hydrogen-bond acceptors (Lipinski definition) is 7. The Balaban J connectivity index is 1.28. The van der Waals surface area contributed by atoms with Crippen LogP contribution < -0.4 is 16.0 Å². The molecule has 222 valence electrons. The van der Waals surface area contributed by atoms with Crippen molar-refractivity contribution >= 4 is 40.3 Å². The van der Waals surface area contributed by atoms with E-state index in [9.17, 15) is 19.5 Å². The third kappa shape index (κ3) is 6.41. The zero-order valence-electron chi connectivity index (χ0n) is 24.2. The zero-order chi connectivity index (χ0) is 30.6. The van der Waals surface area contributed by atoms with Gasteiger partial charge in [-0.2, -0.15) is 0 Å². The number of nitrogens with one attached hydrogen (secondary N) is 5. The number of carboxylic acid groups (broad SMARTS) is 1. The minimum Gasteiger partial charge on any atom is -0.480 e. The Morgan fingerprint density at radius 2 is 1.70 bits per heavy atom. The average Bonchev–Trinajstić information content (AvgIpc) is 3.70. The van der Waals surface area contributed by atoms with E-state index in [4.69, 9.17) is 10.4 Å². The van der Waals surface area contributed by atoms with Crippen LogP contribution in [0.15, 0.2) is 66.7 Å². The fraction of sp³-hybridized carbons (Fsp3) is 0.281. The largest absolute Gasteiger partial charge is 0.480 e. The van der Waals surface area contributed by atoms with Crippen LogP contribution in [0.4, 0.5) is 5.69 Å². The molecule has 11 nitrogen and oxygen atoms in total. The predicted octanol–water partition coefficient (Wildman–Crippen LogP) is 3.75. The highest BCUT2D eigenvalue weighted by atomic mass is 16.4. The first kappa shape index (κ1) is 29.5. The summed E-state index contributed by atoms with van der Waals surface area (Å²) in [6, 6.07) is 19.7. The molecule has 4 aromatic rings. The Labute approximate surface area is 249 Å². The molecular formula is C32H35N7O4. The molecule has 0 unspecified atom stereocenters. The molecule has 43 heavy (non-hydrogen) atoms. The van der Waals surface area contributed by atoms with Crippen LogP contribution in [0.1, 0.15) is 52.6 Å². The summed E-state index contributed by atoms with van der Waals surface area (Å²) in [6.45, 7) is 5.02. The summed E-state index contributed by atoms with van der Waals surface area (Å²) < 4.78 is 0. The number of carbonyl (C=O) groups is 3. The second-order valence-electron chi connectivity index (χ2n) is 10.8. The molecule has 2 heterocycles. The molecule has 1 atom stereocenters. The predicted molar refractivity (Wildman–Crippen MR) is 164 cm³/mol. The van der Waals surface area contributed by atoms with Crippen molar-refractivity contribution in [3.8, 4) is 0 Å². The first-order valence-corrected chi connectivity index (χ1v) is 14.2. The summed E-state index contributed by atoms with van der Waals surface area (Å²) >= 11 is 0. The van der Waals surface area contributed by atoms with Crippen LogP contribution in [-0.4, -0.2) is 63.2 Å². The van der Waals surface area contributed by atoms with Gasteiger partial charge in [-0.15, -0.1) is 0 Å². The summed E-state index contributed by atoms with van der Waals surface area (Å²) in [7, 11) is 0. The molecule has 1 aliphatic rings. The summed E-state index contributed by atoms with van der Waals surface area (Å²) in [5.74, 6) is -0.809. The Morgan fingerprint density at radius 1 is 1.00 bits per heavy atom. The molecule has 5 rings (SSSR count). The lowest BCUT2D eigenvalue weighted by Crippen LogP contribution is -2.54. The van der Waals surface area contributed by atoms with E-state index in [0.29, 0.717) is 47.7 Å². The number of aromatic nitrogens is 2. The van der Waals surface area contributed by atoms with Crippen LogP contribution in [0.3, 0.4) is 0 Å². The first-order chi connectivity index (χ1) is 20.7. The molecule has 3 aromatic carbocycles. The number of hydrogen-bond donors (Lipinski definition) is 6. The van der Waals surface area contributed by atoms with Crippen molar-refractivity contribution < 1.29 is 19.5 Å². The number of aromatic amines is 1. The quantitative estimate of drug-likeness (QED) is 0.123. The minimum absolute atomic E-state index is 0.0111. The maximum absolute atomic E-state index is 13.6. The van der Waals surface area contributed by atoms with Gasteiger partial charge in [0.15, 0.2) is 0 Å². The van der Waals surface area contributed by atoms with Crippen molar-refractivity contribution in [1.82, 2.24) is 25.5 Å². The number of nitrogens with zero attached hydrogens (tertiary/aromatic N) is 2. The van der Waals surface area contributed by atoms with Gasteiger partial charge >= 0.3 is 5.97 Å². The van der Waals surface area contributed by atoms with E-state index < -0.39 is 11.5 Å². The average molecular weight is 582 g/mol. The van der Waals surface area contributed by atoms with Gasteiger partial charge in [0.2, 0.25) is 5.91 Å². The van der Waals surface area contributed by atoms with E-state index in [1.165, 1.54) is 0 Å². The first-order valence-electron chi connectivity index (χ1n) is 14.2. The lowest BCUT2D eigenvalue weighted by molar-refractivity contribution is -0.139. The maximum Gasteiger partial charge on any atom is 0.317 e. The van der Waals surface area contributed by atoms with Crippen LogP contribution in [0.25, 0.3) is 11.0 Å². The SMILES string of the molecule is Cc1c([C@@](C)(NCC(=O)O)C(=O)N2CCCC2)ccc2[nH]c(CNc3ccc(C(=N)NC(=O)c4ccccc4)cc3)nc12. The van der Waals surface area contributed by atoms with E-state index >= 15 is 0 Å². The van der Waals surface area contributed by atoms with Gasteiger partial charge < -0.3 is 25.6 Å². The van der Waals surface area contributed by atoms with Crippen molar-refractivity contribution in [3.05, 3.63) is 94.8 Å². The summed E-state index contributed by atoms with van der Waals surface area (Å²) in [5, 5.41) is 26.5. The normalized spacial score (nSPS) is 14.3. The number of aryl methyl sites for hydroxylation is 1. The number of fused-ring (bicyclic) bond motifs is 1. The highest BCUT2D eigenvalue weighted by Gasteiger charge is 2.40. The Kier molecular flexibility index (Phi) is 8.53. The molecule has 1 aromatic heterocycles. The Bertz CT molecular complexity index is 1660. The number of carboxylic acids is 1. The summed E-state index contributed by atoms with van der Waals surface area (Å²) in [5.41, 5.74) is 3.67. The van der Waals surface area contributed by atoms with E-state index in [0.717, 1.165) is 29.6 Å². The zero-order valence-corrected chi connectivity index (χ0v) is 24.2. The third-order valence-corrected chi connectivity index (χ3v) is 7.82. The highest BCUT2D eigenvalue weighted by Crippen LogP contribution is 2.32. The van der Waals surface area contributed by atoms with Gasteiger partial charge in [0.25, 0.3) is 5.91 Å². The van der Waals surface area contributed by atoms with E-state index in [1.54, 1.807) is 48.2 Å². The van der Waals surface area contributed by atoms with Gasteiger partial charge in [0, 0.05) is 29.9 Å². The van der Waals surface area contributed by atoms with Gasteiger partial charge in [-0.1, -0.05) is 24.3 Å². The van der Waals surface area contributed by atoms with Crippen molar-refractivity contribution in [2.45, 2.75) is 38.8 Å². The molecule has 0 aliphatic carbocycles. The van der Waals surface area contributed by atoms with Crippen LogP contribution >= 0.6 is 0 Å². The van der Waals surface area contributed by atoms with Crippen molar-refractivity contribution in [1.29, 1.82) is 5.41 Å². The molecule has 0 radical (unpaired) electrons. The van der Waals surface area contributed by atoms with Crippen LogP contribution in [0.2, 0.25) is 0 Å². The molecule has 2 amide bonds. The number of imidazole rings is 1. The molecule has 11 heteroatoms. The maximum atomic E-state index is 13.6. The standard InChI is InChI=1S/C32H35N7O4/c1-20-24(32(2,35-19-27(40)41)31(43)39-16-6-7-17-39)14-15-25-28(20)37-26(36-25)18-34-23-12-10-21(11-13-23)29(33)38-30(42)22-8-4-3-5-9-22/h3-5,8-15,34-35H,6-7,16-19H2,1-2H3,(H,36,37)(H,40,41)(H2,33,38,42)/t32-/m1/s1. The lowest BCUT2D eigenvalue weighted by atomic mass is 9.86. The fourth-order valence-electron chi connectivity index (χ4n) is 5.45. The van der Waals surface area contributed by atoms with Gasteiger partial charge in [-0.05, 0) is 80.3 Å². The fourth-order valence-corrected chi connectivity index (χ4v) is 5.45. The highest BCUT2D eigenvalue weighted by molar-refractivity contribution is 6.11. The van der Waals surface area contributed by atoms with Crippen LogP contribution in [-0.2, 0) is 21.7 Å². The van der Waals surface area contributed by atoms with Crippen molar-refractivity contribution in [2.75, 3.05) is 25.0 Å². The van der Waals surface area contributed by atoms with Crippen LogP contribution in [0, 0.1) is 12.3 Å². The number of aliphatic carboxylic acids is 1. The molecule has 1 saturated heterocycles. The molecule has 0 spiro atoms. The lowest BCUT2D eigenvalue weighted by Gasteiger charge is -2.34. The third-order valence-electron chi connectivity index (χ3n) is 7.82. The second-order valence-corrected chi connectivity index (χ2v) is 10.8. The summed E-state index contributed by atoms with van der Waals surface area (Å²) in [6.07, 6.45) is 1.87. The van der Waals surface area contributed by atoms with Gasteiger partial charge in [-0.25, -0.2) is 4.98 Å². The topological polar surface area (TPSA) is 163 Å². The van der Waals surface area contributed by atoms with Crippen molar-refractivity contribution in [2.24, 2.45) is 0 Å². The molecule has 1 fully saturated rings. The minimum atomic E-state index is -1.21. The molecular weight excluding hydrogens is 546 g/mol. The smallest absolute Gasteiger partial charge is 0.317 e. The number of carbonyl (C=O) groups excluding carboxylic acids is 2. The number of amides is 2. The summed E-state index contributed by atoms with van der Waals surface area (Å²) in [4.78, 5) is 47.3. The molecule has 0 bridgehead atoms. The van der Waals surface area contributed by atoms with Gasteiger partial charge in [0.05, 0.1) is 24.1 Å². The number of H-pyrrole nitrogens is 1. The van der Waals surface area contributed by atoms with Gasteiger partial charge in [0.1, 0.15) is 17.2 Å². The number of anilines is 1. The van der Waals surface area contributed by atoms with Gasteiger partial charge in [-0.3, -0.25) is 25.1 Å². The molecule has 0 saturated carbocycles. The van der Waals surface area contributed by atoms with Crippen molar-refractivity contribution in [3.63, 3.8) is 0 Å². The monoisotopic (exact) mass is 581 g/mol. The number of rotatable bonds is 10. The van der Waals surface area contributed by atoms with E-state index in [2.05, 4.69) is 20.9 Å². The van der Waals surface area contributed by atoms with E-state index in [-0.39, 0.29) is 24.2 Å². The second kappa shape index (κ2) is 12.5. The van der Waals surface area contributed by atoms with E-state index in [1.807, 2.05) is 37.3 Å². The molecule has 1 aliphatic heterocycles. The number of benzene rings is 3. The van der Waals surface area contributed by atoms with Crippen LogP contribution in [0.5, 0.6) is 0 Å². The number of amidine groups is 1. The Hall–Kier alpha value is -5.03. The molecule has 6 N–H and O–H groups in total. The number of likely N-dealkylation sites (tertiary alicyclic amines) is 1. The Morgan fingerprint density at radius 3 is 2.37 bits per heavy atom.